The molecular formula is C25H52O3. The first-order chi connectivity index (χ1) is 13.8. The van der Waals surface area contributed by atoms with Crippen molar-refractivity contribution in [2.75, 3.05) is 19.8 Å². The molecule has 0 spiro atoms. The Hall–Kier alpha value is -0.120. The smallest absolute Gasteiger partial charge is 0.0833 e. The molecule has 1 N–H and O–H groups in total. The van der Waals surface area contributed by atoms with E-state index < -0.39 is 0 Å². The van der Waals surface area contributed by atoms with Crippen molar-refractivity contribution in [2.45, 2.75) is 142 Å². The predicted octanol–water partition coefficient (Wildman–Crippen LogP) is 7.44. The molecule has 2 unspecified atom stereocenters. The summed E-state index contributed by atoms with van der Waals surface area (Å²) in [6, 6.07) is 0. The Kier molecular flexibility index (Phi) is 23.1. The summed E-state index contributed by atoms with van der Waals surface area (Å²) < 4.78 is 12.1. The second-order valence-electron chi connectivity index (χ2n) is 8.45. The van der Waals surface area contributed by atoms with Gasteiger partial charge >= 0.3 is 0 Å². The minimum atomic E-state index is 0.156. The lowest BCUT2D eigenvalue weighted by atomic mass is 10.0. The predicted molar refractivity (Wildman–Crippen MR) is 122 cm³/mol. The van der Waals surface area contributed by atoms with Crippen molar-refractivity contribution in [3.05, 3.63) is 0 Å². The van der Waals surface area contributed by atoms with E-state index >= 15 is 0 Å². The van der Waals surface area contributed by atoms with Crippen LogP contribution in [0.25, 0.3) is 0 Å². The molecule has 0 saturated carbocycles. The number of aliphatic hydroxyl groups is 1. The van der Waals surface area contributed by atoms with Gasteiger partial charge in [-0.15, -0.1) is 0 Å². The van der Waals surface area contributed by atoms with E-state index in [-0.39, 0.29) is 18.8 Å². The summed E-state index contributed by atoms with van der Waals surface area (Å²) in [5.41, 5.74) is 0. The zero-order valence-electron chi connectivity index (χ0n) is 19.6. The highest BCUT2D eigenvalue weighted by Gasteiger charge is 2.18. The van der Waals surface area contributed by atoms with E-state index in [0.29, 0.717) is 6.61 Å². The second-order valence-corrected chi connectivity index (χ2v) is 8.45. The molecule has 0 aromatic rings. The van der Waals surface area contributed by atoms with E-state index in [2.05, 4.69) is 20.8 Å². The van der Waals surface area contributed by atoms with Crippen LogP contribution in [0.1, 0.15) is 130 Å². The molecule has 2 atom stereocenters. The van der Waals surface area contributed by atoms with Crippen LogP contribution in [0.2, 0.25) is 0 Å². The Labute approximate surface area is 177 Å². The van der Waals surface area contributed by atoms with Gasteiger partial charge in [-0.3, -0.25) is 0 Å². The van der Waals surface area contributed by atoms with E-state index in [1.54, 1.807) is 0 Å². The molecule has 0 heterocycles. The molecule has 0 amide bonds. The van der Waals surface area contributed by atoms with Crippen molar-refractivity contribution in [2.24, 2.45) is 0 Å². The fourth-order valence-electron chi connectivity index (χ4n) is 3.67. The number of aliphatic hydroxyl groups excluding tert-OH is 1. The maximum Gasteiger partial charge on any atom is 0.0833 e. The lowest BCUT2D eigenvalue weighted by molar-refractivity contribution is -0.0719. The van der Waals surface area contributed by atoms with E-state index in [0.717, 1.165) is 19.4 Å². The molecule has 0 fully saturated rings. The molecule has 0 bridgehead atoms. The van der Waals surface area contributed by atoms with Gasteiger partial charge in [-0.05, 0) is 26.2 Å². The van der Waals surface area contributed by atoms with Gasteiger partial charge in [-0.1, -0.05) is 104 Å². The van der Waals surface area contributed by atoms with Gasteiger partial charge in [0.05, 0.1) is 12.2 Å². The molecule has 3 heteroatoms. The maximum absolute atomic E-state index is 9.02. The highest BCUT2D eigenvalue weighted by Crippen LogP contribution is 2.16. The minimum absolute atomic E-state index is 0.156. The van der Waals surface area contributed by atoms with Gasteiger partial charge in [0.1, 0.15) is 0 Å². The summed E-state index contributed by atoms with van der Waals surface area (Å²) in [5, 5.41) is 9.02. The molecule has 0 aliphatic carbocycles. The molecule has 0 radical (unpaired) electrons. The maximum atomic E-state index is 9.02. The summed E-state index contributed by atoms with van der Waals surface area (Å²) in [6.07, 6.45) is 22.1. The third-order valence-electron chi connectivity index (χ3n) is 5.63. The molecule has 0 aliphatic rings. The monoisotopic (exact) mass is 400 g/mol. The van der Waals surface area contributed by atoms with Crippen molar-refractivity contribution >= 4 is 0 Å². The number of hydrogen-bond donors (Lipinski definition) is 1. The summed E-state index contributed by atoms with van der Waals surface area (Å²) >= 11 is 0. The van der Waals surface area contributed by atoms with Crippen LogP contribution in [-0.2, 0) is 9.47 Å². The summed E-state index contributed by atoms with van der Waals surface area (Å²) in [4.78, 5) is 0. The Morgan fingerprint density at radius 1 is 0.571 bits per heavy atom. The van der Waals surface area contributed by atoms with Crippen LogP contribution in [0.5, 0.6) is 0 Å². The van der Waals surface area contributed by atoms with Crippen LogP contribution in [0, 0.1) is 0 Å². The first-order valence-electron chi connectivity index (χ1n) is 12.6. The number of ether oxygens (including phenoxy) is 2. The molecule has 28 heavy (non-hydrogen) atoms. The van der Waals surface area contributed by atoms with Gasteiger partial charge in [-0.25, -0.2) is 0 Å². The van der Waals surface area contributed by atoms with Crippen LogP contribution >= 0.6 is 0 Å². The molecular weight excluding hydrogens is 348 g/mol. The summed E-state index contributed by atoms with van der Waals surface area (Å²) in [5.74, 6) is 0. The number of unbranched alkanes of at least 4 members (excludes halogenated alkanes) is 13. The van der Waals surface area contributed by atoms with Crippen LogP contribution in [-0.4, -0.2) is 37.1 Å². The van der Waals surface area contributed by atoms with Crippen LogP contribution in [0.15, 0.2) is 0 Å². The van der Waals surface area contributed by atoms with Crippen molar-refractivity contribution in [3.63, 3.8) is 0 Å². The van der Waals surface area contributed by atoms with Crippen LogP contribution in [0.3, 0.4) is 0 Å². The first-order valence-corrected chi connectivity index (χ1v) is 12.6. The molecule has 170 valence electrons. The van der Waals surface area contributed by atoms with E-state index in [4.69, 9.17) is 14.6 Å². The average Bonchev–Trinajstić information content (AvgIpc) is 2.70. The Balaban J connectivity index is 3.82. The second kappa shape index (κ2) is 23.2. The zero-order chi connectivity index (χ0) is 20.7. The fourth-order valence-corrected chi connectivity index (χ4v) is 3.67. The molecule has 0 aromatic heterocycles. The third kappa shape index (κ3) is 19.2. The Morgan fingerprint density at radius 2 is 1.04 bits per heavy atom. The van der Waals surface area contributed by atoms with Gasteiger partial charge in [0.25, 0.3) is 0 Å². The number of rotatable bonds is 23. The lowest BCUT2D eigenvalue weighted by Crippen LogP contribution is -2.30. The lowest BCUT2D eigenvalue weighted by Gasteiger charge is -2.25. The highest BCUT2D eigenvalue weighted by atomic mass is 16.5. The van der Waals surface area contributed by atoms with E-state index in [9.17, 15) is 0 Å². The molecule has 0 saturated heterocycles. The quantitative estimate of drug-likeness (QED) is 0.181. The van der Waals surface area contributed by atoms with Gasteiger partial charge < -0.3 is 14.6 Å². The molecule has 0 aliphatic heterocycles. The molecule has 0 rings (SSSR count). The van der Waals surface area contributed by atoms with Crippen LogP contribution in [0.4, 0.5) is 0 Å². The normalized spacial score (nSPS) is 13.7. The number of hydrogen-bond acceptors (Lipinski definition) is 3. The topological polar surface area (TPSA) is 38.7 Å². The highest BCUT2D eigenvalue weighted by molar-refractivity contribution is 4.67. The van der Waals surface area contributed by atoms with Crippen molar-refractivity contribution in [1.82, 2.24) is 0 Å². The summed E-state index contributed by atoms with van der Waals surface area (Å²) in [6.45, 7) is 8.40. The van der Waals surface area contributed by atoms with E-state index in [1.165, 1.54) is 96.3 Å². The van der Waals surface area contributed by atoms with Gasteiger partial charge in [-0.2, -0.15) is 0 Å². The first kappa shape index (κ1) is 27.9. The van der Waals surface area contributed by atoms with Crippen molar-refractivity contribution in [1.29, 1.82) is 0 Å². The van der Waals surface area contributed by atoms with Crippen molar-refractivity contribution < 1.29 is 14.6 Å². The Morgan fingerprint density at radius 3 is 1.57 bits per heavy atom. The third-order valence-corrected chi connectivity index (χ3v) is 5.63. The van der Waals surface area contributed by atoms with Crippen LogP contribution < -0.4 is 0 Å². The zero-order valence-corrected chi connectivity index (χ0v) is 19.6. The fraction of sp³-hybridized carbons (Fsp3) is 1.00. The van der Waals surface area contributed by atoms with Gasteiger partial charge in [0, 0.05) is 19.8 Å². The molecule has 0 aromatic carbocycles. The standard InChI is InChI=1S/C25H52O3/c1-4-6-8-10-12-14-16-18-22-27-24(3)25(28-23-19-21-26)20-17-15-13-11-9-7-5-2/h24-26H,4-23H2,1-3H3. The van der Waals surface area contributed by atoms with Gasteiger partial charge in [0.2, 0.25) is 0 Å². The minimum Gasteiger partial charge on any atom is -0.396 e. The average molecular weight is 401 g/mol. The Bertz CT molecular complexity index is 283. The van der Waals surface area contributed by atoms with Gasteiger partial charge in [0.15, 0.2) is 0 Å². The van der Waals surface area contributed by atoms with Crippen molar-refractivity contribution in [3.8, 4) is 0 Å². The SMILES string of the molecule is CCCCCCCCCCOC(C)C(CCCCCCCCC)OCCCO. The summed E-state index contributed by atoms with van der Waals surface area (Å²) in [7, 11) is 0. The molecule has 3 nitrogen and oxygen atoms in total. The van der Waals surface area contributed by atoms with E-state index in [1.807, 2.05) is 0 Å². The largest absolute Gasteiger partial charge is 0.396 e.